The van der Waals surface area contributed by atoms with E-state index in [-0.39, 0.29) is 0 Å². The van der Waals surface area contributed by atoms with Crippen LogP contribution in [0.15, 0.2) is 12.1 Å². The van der Waals surface area contributed by atoms with Crippen molar-refractivity contribution >= 4 is 22.9 Å². The summed E-state index contributed by atoms with van der Waals surface area (Å²) in [5.74, 6) is 2.20. The summed E-state index contributed by atoms with van der Waals surface area (Å²) in [4.78, 5) is 1.44. The first-order chi connectivity index (χ1) is 7.74. The highest BCUT2D eigenvalue weighted by molar-refractivity contribution is 7.16. The molecule has 1 aromatic rings. The van der Waals surface area contributed by atoms with Crippen molar-refractivity contribution in [2.24, 2.45) is 17.6 Å². The van der Waals surface area contributed by atoms with Crippen LogP contribution in [0.1, 0.15) is 43.4 Å². The molecule has 0 radical (unpaired) electrons. The Morgan fingerprint density at radius 2 is 2.25 bits per heavy atom. The molecule has 1 heterocycles. The Morgan fingerprint density at radius 1 is 1.44 bits per heavy atom. The van der Waals surface area contributed by atoms with E-state index in [1.54, 1.807) is 11.3 Å². The van der Waals surface area contributed by atoms with Crippen molar-refractivity contribution in [1.82, 2.24) is 0 Å². The first kappa shape index (κ1) is 12.4. The lowest BCUT2D eigenvalue weighted by Gasteiger charge is -2.34. The van der Waals surface area contributed by atoms with E-state index < -0.39 is 0 Å². The van der Waals surface area contributed by atoms with E-state index in [0.717, 1.165) is 16.8 Å². The Hall–Kier alpha value is -0.0500. The molecule has 1 aliphatic rings. The molecule has 0 bridgehead atoms. The molecule has 90 valence electrons. The Labute approximate surface area is 107 Å². The molecule has 2 N–H and O–H groups in total. The average molecular weight is 258 g/mol. The molecular weight excluding hydrogens is 238 g/mol. The van der Waals surface area contributed by atoms with Gasteiger partial charge in [0, 0.05) is 4.88 Å². The number of thiophene rings is 1. The quantitative estimate of drug-likeness (QED) is 0.860. The molecule has 1 aromatic heterocycles. The van der Waals surface area contributed by atoms with E-state index in [0.29, 0.717) is 11.8 Å². The first-order valence-corrected chi connectivity index (χ1v) is 7.39. The Balaban J connectivity index is 2.14. The summed E-state index contributed by atoms with van der Waals surface area (Å²) in [5.41, 5.74) is 5.90. The van der Waals surface area contributed by atoms with E-state index in [4.69, 9.17) is 17.3 Å². The topological polar surface area (TPSA) is 26.0 Å². The van der Waals surface area contributed by atoms with Gasteiger partial charge in [0.05, 0.1) is 4.34 Å². The van der Waals surface area contributed by atoms with Gasteiger partial charge in [0.1, 0.15) is 0 Å². The van der Waals surface area contributed by atoms with Crippen LogP contribution in [0.4, 0.5) is 0 Å². The minimum atomic E-state index is 0.654. The van der Waals surface area contributed by atoms with Crippen LogP contribution in [0.2, 0.25) is 4.34 Å². The van der Waals surface area contributed by atoms with Crippen molar-refractivity contribution in [3.8, 4) is 0 Å². The van der Waals surface area contributed by atoms with Gasteiger partial charge in [0.15, 0.2) is 0 Å². The third kappa shape index (κ3) is 2.61. The van der Waals surface area contributed by atoms with Gasteiger partial charge in [0.2, 0.25) is 0 Å². The summed E-state index contributed by atoms with van der Waals surface area (Å²) in [5, 5.41) is 0. The van der Waals surface area contributed by atoms with Gasteiger partial charge in [-0.2, -0.15) is 0 Å². The summed E-state index contributed by atoms with van der Waals surface area (Å²) in [6.45, 7) is 3.11. The average Bonchev–Trinajstić information content (AvgIpc) is 2.75. The molecule has 0 spiro atoms. The molecule has 0 saturated heterocycles. The fraction of sp³-hybridized carbons (Fsp3) is 0.692. The predicted molar refractivity (Wildman–Crippen MR) is 72.2 cm³/mol. The third-order valence-corrected chi connectivity index (χ3v) is 5.30. The monoisotopic (exact) mass is 257 g/mol. The molecule has 1 fully saturated rings. The van der Waals surface area contributed by atoms with E-state index in [9.17, 15) is 0 Å². The van der Waals surface area contributed by atoms with Gasteiger partial charge in [0.25, 0.3) is 0 Å². The minimum Gasteiger partial charge on any atom is -0.330 e. The number of nitrogens with two attached hydrogens (primary N) is 1. The second-order valence-electron chi connectivity index (χ2n) is 4.83. The molecule has 3 unspecified atom stereocenters. The van der Waals surface area contributed by atoms with Crippen molar-refractivity contribution in [2.75, 3.05) is 6.54 Å². The van der Waals surface area contributed by atoms with Crippen molar-refractivity contribution < 1.29 is 0 Å². The number of hydrogen-bond donors (Lipinski definition) is 1. The zero-order chi connectivity index (χ0) is 11.5. The molecule has 3 heteroatoms. The maximum absolute atomic E-state index is 6.03. The second kappa shape index (κ2) is 5.52. The van der Waals surface area contributed by atoms with E-state index in [1.165, 1.54) is 30.6 Å². The molecule has 0 aromatic carbocycles. The molecule has 0 aliphatic heterocycles. The molecule has 1 nitrogen and oxygen atoms in total. The summed E-state index contributed by atoms with van der Waals surface area (Å²) >= 11 is 7.76. The Morgan fingerprint density at radius 3 is 2.81 bits per heavy atom. The van der Waals surface area contributed by atoms with Crippen molar-refractivity contribution in [2.45, 2.75) is 38.5 Å². The standard InChI is InChI=1S/C13H20ClNS/c1-2-9-3-4-10(8-15)11(7-9)12-5-6-13(14)16-12/h5-6,9-11H,2-4,7-8,15H2,1H3. The largest absolute Gasteiger partial charge is 0.330 e. The van der Waals surface area contributed by atoms with Gasteiger partial charge in [-0.1, -0.05) is 31.4 Å². The zero-order valence-electron chi connectivity index (χ0n) is 9.79. The highest BCUT2D eigenvalue weighted by atomic mass is 35.5. The summed E-state index contributed by atoms with van der Waals surface area (Å²) in [7, 11) is 0. The van der Waals surface area contributed by atoms with Crippen molar-refractivity contribution in [3.63, 3.8) is 0 Å². The first-order valence-electron chi connectivity index (χ1n) is 6.19. The maximum atomic E-state index is 6.03. The van der Waals surface area contributed by atoms with Gasteiger partial charge >= 0.3 is 0 Å². The fourth-order valence-electron chi connectivity index (χ4n) is 2.85. The number of rotatable bonds is 3. The molecule has 1 saturated carbocycles. The van der Waals surface area contributed by atoms with Gasteiger partial charge in [-0.15, -0.1) is 11.3 Å². The van der Waals surface area contributed by atoms with Gasteiger partial charge in [-0.25, -0.2) is 0 Å². The number of hydrogen-bond acceptors (Lipinski definition) is 2. The second-order valence-corrected chi connectivity index (χ2v) is 6.58. The molecule has 1 aliphatic carbocycles. The predicted octanol–water partition coefficient (Wildman–Crippen LogP) is 4.27. The molecule has 0 amide bonds. The highest BCUT2D eigenvalue weighted by Gasteiger charge is 2.30. The fourth-order valence-corrected chi connectivity index (χ4v) is 4.12. The third-order valence-electron chi connectivity index (χ3n) is 3.94. The summed E-state index contributed by atoms with van der Waals surface area (Å²) < 4.78 is 0.907. The van der Waals surface area contributed by atoms with Crippen LogP contribution in [0, 0.1) is 11.8 Å². The molecule has 3 atom stereocenters. The van der Waals surface area contributed by atoms with Crippen LogP contribution in [-0.4, -0.2) is 6.54 Å². The lowest BCUT2D eigenvalue weighted by atomic mass is 9.72. The van der Waals surface area contributed by atoms with Crippen LogP contribution >= 0.6 is 22.9 Å². The van der Waals surface area contributed by atoms with Crippen molar-refractivity contribution in [3.05, 3.63) is 21.3 Å². The Bertz CT molecular complexity index is 336. The molecule has 2 rings (SSSR count). The summed E-state index contributed by atoms with van der Waals surface area (Å²) in [6, 6.07) is 4.21. The van der Waals surface area contributed by atoms with E-state index >= 15 is 0 Å². The number of halogens is 1. The maximum Gasteiger partial charge on any atom is 0.0931 e. The van der Waals surface area contributed by atoms with Crippen LogP contribution in [0.5, 0.6) is 0 Å². The lowest BCUT2D eigenvalue weighted by Crippen LogP contribution is -2.28. The molecule has 16 heavy (non-hydrogen) atoms. The van der Waals surface area contributed by atoms with Gasteiger partial charge < -0.3 is 5.73 Å². The van der Waals surface area contributed by atoms with Crippen LogP contribution in [0.3, 0.4) is 0 Å². The normalized spacial score (nSPS) is 30.6. The minimum absolute atomic E-state index is 0.654. The molecular formula is C13H20ClNS. The highest BCUT2D eigenvalue weighted by Crippen LogP contribution is 2.44. The van der Waals surface area contributed by atoms with Crippen molar-refractivity contribution in [1.29, 1.82) is 0 Å². The van der Waals surface area contributed by atoms with Gasteiger partial charge in [-0.05, 0) is 49.3 Å². The summed E-state index contributed by atoms with van der Waals surface area (Å²) in [6.07, 6.45) is 5.24. The van der Waals surface area contributed by atoms with E-state index in [2.05, 4.69) is 13.0 Å². The Kier molecular flexibility index (Phi) is 4.28. The smallest absolute Gasteiger partial charge is 0.0931 e. The van der Waals surface area contributed by atoms with Gasteiger partial charge in [-0.3, -0.25) is 0 Å². The van der Waals surface area contributed by atoms with Crippen LogP contribution in [0.25, 0.3) is 0 Å². The van der Waals surface area contributed by atoms with Crippen LogP contribution < -0.4 is 5.73 Å². The van der Waals surface area contributed by atoms with E-state index in [1.807, 2.05) is 6.07 Å². The SMILES string of the molecule is CCC1CCC(CN)C(c2ccc(Cl)s2)C1. The lowest BCUT2D eigenvalue weighted by molar-refractivity contribution is 0.238. The zero-order valence-corrected chi connectivity index (χ0v) is 11.4. The van der Waals surface area contributed by atoms with Crippen LogP contribution in [-0.2, 0) is 0 Å².